The Morgan fingerprint density at radius 1 is 1.41 bits per heavy atom. The van der Waals surface area contributed by atoms with Crippen LogP contribution in [-0.4, -0.2) is 17.5 Å². The van der Waals surface area contributed by atoms with Gasteiger partial charge in [0.2, 0.25) is 0 Å². The van der Waals surface area contributed by atoms with Crippen LogP contribution in [0.3, 0.4) is 0 Å². The number of unbranched alkanes of at least 4 members (excludes halogenated alkanes) is 2. The minimum Gasteiger partial charge on any atom is -0.320 e. The molecule has 0 aliphatic carbocycles. The SMILES string of the molecule is CCCCCN1Cc2ccc(Br)cc2NC1=O. The van der Waals surface area contributed by atoms with E-state index in [9.17, 15) is 4.79 Å². The third-order valence-electron chi connectivity index (χ3n) is 2.99. The van der Waals surface area contributed by atoms with Crippen LogP contribution in [0.2, 0.25) is 0 Å². The Morgan fingerprint density at radius 2 is 2.24 bits per heavy atom. The Morgan fingerprint density at radius 3 is 3.00 bits per heavy atom. The molecule has 1 heterocycles. The number of nitrogens with one attached hydrogen (secondary N) is 1. The largest absolute Gasteiger partial charge is 0.322 e. The van der Waals surface area contributed by atoms with Gasteiger partial charge in [0, 0.05) is 23.2 Å². The summed E-state index contributed by atoms with van der Waals surface area (Å²) in [6.45, 7) is 3.73. The van der Waals surface area contributed by atoms with Gasteiger partial charge < -0.3 is 10.2 Å². The zero-order chi connectivity index (χ0) is 12.3. The smallest absolute Gasteiger partial charge is 0.320 e. The normalized spacial score (nSPS) is 14.5. The maximum Gasteiger partial charge on any atom is 0.322 e. The van der Waals surface area contributed by atoms with Crippen molar-refractivity contribution in [2.75, 3.05) is 11.9 Å². The Hall–Kier alpha value is -1.03. The molecule has 0 spiro atoms. The zero-order valence-electron chi connectivity index (χ0n) is 10.0. The fourth-order valence-corrected chi connectivity index (χ4v) is 2.37. The number of amides is 2. The van der Waals surface area contributed by atoms with Crippen LogP contribution in [0.25, 0.3) is 0 Å². The van der Waals surface area contributed by atoms with Gasteiger partial charge in [0.05, 0.1) is 0 Å². The van der Waals surface area contributed by atoms with Gasteiger partial charge in [-0.15, -0.1) is 0 Å². The van der Waals surface area contributed by atoms with E-state index >= 15 is 0 Å². The van der Waals surface area contributed by atoms with Crippen molar-refractivity contribution in [3.05, 3.63) is 28.2 Å². The fraction of sp³-hybridized carbons (Fsp3) is 0.462. The first-order valence-electron chi connectivity index (χ1n) is 6.05. The van der Waals surface area contributed by atoms with Crippen LogP contribution < -0.4 is 5.32 Å². The minimum absolute atomic E-state index is 0.0201. The van der Waals surface area contributed by atoms with Gasteiger partial charge in [0.1, 0.15) is 0 Å². The van der Waals surface area contributed by atoms with E-state index < -0.39 is 0 Å². The number of hydrogen-bond acceptors (Lipinski definition) is 1. The van der Waals surface area contributed by atoms with E-state index in [0.29, 0.717) is 0 Å². The summed E-state index contributed by atoms with van der Waals surface area (Å²) < 4.78 is 0.996. The molecule has 0 saturated carbocycles. The highest BCUT2D eigenvalue weighted by Crippen LogP contribution is 2.26. The van der Waals surface area contributed by atoms with Crippen LogP contribution in [0, 0.1) is 0 Å². The highest BCUT2D eigenvalue weighted by atomic mass is 79.9. The third-order valence-corrected chi connectivity index (χ3v) is 3.49. The molecular weight excluding hydrogens is 280 g/mol. The minimum atomic E-state index is 0.0201. The third kappa shape index (κ3) is 3.00. The fourth-order valence-electron chi connectivity index (χ4n) is 2.01. The number of hydrogen-bond donors (Lipinski definition) is 1. The highest BCUT2D eigenvalue weighted by molar-refractivity contribution is 9.10. The number of halogens is 1. The first kappa shape index (κ1) is 12.4. The van der Waals surface area contributed by atoms with Crippen molar-refractivity contribution >= 4 is 27.6 Å². The van der Waals surface area contributed by atoms with Gasteiger partial charge >= 0.3 is 6.03 Å². The van der Waals surface area contributed by atoms with E-state index in [1.54, 1.807) is 0 Å². The second kappa shape index (κ2) is 5.54. The molecular formula is C13H17BrN2O. The maximum atomic E-state index is 11.9. The number of benzene rings is 1. The molecule has 17 heavy (non-hydrogen) atoms. The molecule has 1 aliphatic heterocycles. The quantitative estimate of drug-likeness (QED) is 0.837. The summed E-state index contributed by atoms with van der Waals surface area (Å²) in [5.41, 5.74) is 2.11. The molecule has 1 N–H and O–H groups in total. The van der Waals surface area contributed by atoms with Crippen molar-refractivity contribution in [1.29, 1.82) is 0 Å². The van der Waals surface area contributed by atoms with Gasteiger partial charge in [-0.25, -0.2) is 4.79 Å². The monoisotopic (exact) mass is 296 g/mol. The van der Waals surface area contributed by atoms with Gasteiger partial charge in [-0.3, -0.25) is 0 Å². The second-order valence-corrected chi connectivity index (χ2v) is 5.28. The van der Waals surface area contributed by atoms with Gasteiger partial charge in [-0.1, -0.05) is 41.8 Å². The number of carbonyl (C=O) groups is 1. The molecule has 92 valence electrons. The zero-order valence-corrected chi connectivity index (χ0v) is 11.6. The lowest BCUT2D eigenvalue weighted by atomic mass is 10.1. The standard InChI is InChI=1S/C13H17BrN2O/c1-2-3-4-7-16-9-10-5-6-11(14)8-12(10)15-13(16)17/h5-6,8H,2-4,7,9H2,1H3,(H,15,17). The molecule has 0 bridgehead atoms. The van der Waals surface area contributed by atoms with Crippen LogP contribution in [0.1, 0.15) is 31.7 Å². The van der Waals surface area contributed by atoms with Crippen molar-refractivity contribution in [3.63, 3.8) is 0 Å². The molecule has 0 saturated heterocycles. The molecule has 0 atom stereocenters. The highest BCUT2D eigenvalue weighted by Gasteiger charge is 2.21. The van der Waals surface area contributed by atoms with E-state index in [0.717, 1.165) is 29.7 Å². The molecule has 4 heteroatoms. The predicted octanol–water partition coefficient (Wildman–Crippen LogP) is 3.99. The van der Waals surface area contributed by atoms with Crippen molar-refractivity contribution in [1.82, 2.24) is 4.90 Å². The Kier molecular flexibility index (Phi) is 4.05. The lowest BCUT2D eigenvalue weighted by Gasteiger charge is -2.29. The summed E-state index contributed by atoms with van der Waals surface area (Å²) in [4.78, 5) is 13.7. The van der Waals surface area contributed by atoms with Crippen molar-refractivity contribution < 1.29 is 4.79 Å². The molecule has 0 aromatic heterocycles. The second-order valence-electron chi connectivity index (χ2n) is 4.36. The first-order chi connectivity index (χ1) is 8.20. The Bertz CT molecular complexity index is 420. The Labute approximate surface area is 110 Å². The average molecular weight is 297 g/mol. The van der Waals surface area contributed by atoms with Gasteiger partial charge in [-0.2, -0.15) is 0 Å². The summed E-state index contributed by atoms with van der Waals surface area (Å²) in [5, 5.41) is 2.93. The molecule has 0 radical (unpaired) electrons. The van der Waals surface area contributed by atoms with E-state index in [2.05, 4.69) is 34.2 Å². The Balaban J connectivity index is 2.05. The number of fused-ring (bicyclic) bond motifs is 1. The lowest BCUT2D eigenvalue weighted by molar-refractivity contribution is 0.205. The summed E-state index contributed by atoms with van der Waals surface area (Å²) in [6, 6.07) is 6.05. The van der Waals surface area contributed by atoms with Crippen molar-refractivity contribution in [2.45, 2.75) is 32.7 Å². The van der Waals surface area contributed by atoms with Crippen LogP contribution in [0.4, 0.5) is 10.5 Å². The number of urea groups is 1. The van der Waals surface area contributed by atoms with Crippen LogP contribution >= 0.6 is 15.9 Å². The molecule has 1 aliphatic rings. The molecule has 0 fully saturated rings. The summed E-state index contributed by atoms with van der Waals surface area (Å²) >= 11 is 3.41. The van der Waals surface area contributed by atoms with Crippen molar-refractivity contribution in [2.24, 2.45) is 0 Å². The molecule has 0 unspecified atom stereocenters. The van der Waals surface area contributed by atoms with Gasteiger partial charge in [0.25, 0.3) is 0 Å². The van der Waals surface area contributed by atoms with Crippen LogP contribution in [0.5, 0.6) is 0 Å². The predicted molar refractivity (Wildman–Crippen MR) is 73.1 cm³/mol. The first-order valence-corrected chi connectivity index (χ1v) is 6.84. The van der Waals surface area contributed by atoms with Gasteiger partial charge in [0.15, 0.2) is 0 Å². The number of anilines is 1. The van der Waals surface area contributed by atoms with E-state index in [1.165, 1.54) is 18.4 Å². The summed E-state index contributed by atoms with van der Waals surface area (Å²) in [6.07, 6.45) is 3.44. The lowest BCUT2D eigenvalue weighted by Crippen LogP contribution is -2.39. The molecule has 2 rings (SSSR count). The number of nitrogens with zero attached hydrogens (tertiary/aromatic N) is 1. The molecule has 1 aromatic carbocycles. The summed E-state index contributed by atoms with van der Waals surface area (Å²) in [5.74, 6) is 0. The van der Waals surface area contributed by atoms with E-state index in [1.807, 2.05) is 17.0 Å². The molecule has 1 aromatic rings. The topological polar surface area (TPSA) is 32.3 Å². The van der Waals surface area contributed by atoms with E-state index in [4.69, 9.17) is 0 Å². The number of carbonyl (C=O) groups excluding carboxylic acids is 1. The molecule has 3 nitrogen and oxygen atoms in total. The van der Waals surface area contributed by atoms with E-state index in [-0.39, 0.29) is 6.03 Å². The number of rotatable bonds is 4. The van der Waals surface area contributed by atoms with Crippen LogP contribution in [0.15, 0.2) is 22.7 Å². The van der Waals surface area contributed by atoms with Crippen molar-refractivity contribution in [3.8, 4) is 0 Å². The maximum absolute atomic E-state index is 11.9. The van der Waals surface area contributed by atoms with Crippen LogP contribution in [-0.2, 0) is 6.54 Å². The van der Waals surface area contributed by atoms with Gasteiger partial charge in [-0.05, 0) is 24.1 Å². The molecule has 2 amide bonds. The summed E-state index contributed by atoms with van der Waals surface area (Å²) in [7, 11) is 0. The average Bonchev–Trinajstić information content (AvgIpc) is 2.30.